The van der Waals surface area contributed by atoms with Gasteiger partial charge in [0.25, 0.3) is 0 Å². The summed E-state index contributed by atoms with van der Waals surface area (Å²) in [4.78, 5) is 8.35. The summed E-state index contributed by atoms with van der Waals surface area (Å²) < 4.78 is 4.06. The van der Waals surface area contributed by atoms with Gasteiger partial charge in [0, 0.05) is 62.2 Å². The van der Waals surface area contributed by atoms with E-state index < -0.39 is 0 Å². The Morgan fingerprint density at radius 3 is 2.71 bits per heavy atom. The van der Waals surface area contributed by atoms with Crippen LogP contribution in [0, 0.1) is 12.8 Å². The highest BCUT2D eigenvalue weighted by Crippen LogP contribution is 2.20. The molecule has 0 bridgehead atoms. The average Bonchev–Trinajstić information content (AvgIpc) is 3.14. The molecule has 0 spiro atoms. The van der Waals surface area contributed by atoms with Crippen molar-refractivity contribution < 1.29 is 0 Å². The van der Waals surface area contributed by atoms with Gasteiger partial charge in [-0.3, -0.25) is 9.67 Å². The van der Waals surface area contributed by atoms with Crippen LogP contribution in [-0.4, -0.2) is 30.9 Å². The minimum Gasteiger partial charge on any atom is -0.335 e. The molecule has 3 rings (SSSR count). The van der Waals surface area contributed by atoms with Crippen LogP contribution in [0.15, 0.2) is 43.1 Å². The number of nitrogens with one attached hydrogen (secondary N) is 1. The summed E-state index contributed by atoms with van der Waals surface area (Å²) in [5.41, 5.74) is 3.32. The zero-order valence-electron chi connectivity index (χ0n) is 14.5. The molecule has 1 unspecified atom stereocenters. The molecule has 0 aromatic carbocycles. The van der Waals surface area contributed by atoms with Gasteiger partial charge in [0.15, 0.2) is 0 Å². The van der Waals surface area contributed by atoms with Crippen LogP contribution < -0.4 is 5.32 Å². The third kappa shape index (κ3) is 3.89. The molecule has 0 aliphatic carbocycles. The summed E-state index contributed by atoms with van der Waals surface area (Å²) in [5, 5.41) is 8.14. The standard InChI is InChI=1S/C18H24N6/c1-14(12-24-9-8-21-15(24)2)10-20-11-17-13-23(3)22-18(17)16-4-6-19-7-5-16/h4-9,13-14,20H,10-12H2,1-3H3. The number of aromatic nitrogens is 5. The quantitative estimate of drug-likeness (QED) is 0.725. The first-order valence-electron chi connectivity index (χ1n) is 8.25. The van der Waals surface area contributed by atoms with Gasteiger partial charge in [-0.2, -0.15) is 5.10 Å². The Labute approximate surface area is 142 Å². The molecule has 3 aromatic rings. The van der Waals surface area contributed by atoms with E-state index in [-0.39, 0.29) is 0 Å². The maximum Gasteiger partial charge on any atom is 0.105 e. The summed E-state index contributed by atoms with van der Waals surface area (Å²) in [6.45, 7) is 7.01. The summed E-state index contributed by atoms with van der Waals surface area (Å²) >= 11 is 0. The zero-order valence-corrected chi connectivity index (χ0v) is 14.5. The van der Waals surface area contributed by atoms with Crippen molar-refractivity contribution in [1.82, 2.24) is 29.6 Å². The van der Waals surface area contributed by atoms with E-state index >= 15 is 0 Å². The first kappa shape index (κ1) is 16.4. The fraction of sp³-hybridized carbons (Fsp3) is 0.389. The van der Waals surface area contributed by atoms with Crippen LogP contribution in [0.2, 0.25) is 0 Å². The minimum absolute atomic E-state index is 0.527. The van der Waals surface area contributed by atoms with Crippen LogP contribution in [0.25, 0.3) is 11.3 Å². The number of nitrogens with zero attached hydrogens (tertiary/aromatic N) is 5. The summed E-state index contributed by atoms with van der Waals surface area (Å²) in [7, 11) is 1.96. The van der Waals surface area contributed by atoms with Gasteiger partial charge in [0.05, 0.1) is 5.69 Å². The smallest absolute Gasteiger partial charge is 0.105 e. The van der Waals surface area contributed by atoms with Crippen LogP contribution in [0.1, 0.15) is 18.3 Å². The van der Waals surface area contributed by atoms with Gasteiger partial charge in [-0.15, -0.1) is 0 Å². The summed E-state index contributed by atoms with van der Waals surface area (Å²) in [6.07, 6.45) is 9.57. The fourth-order valence-corrected chi connectivity index (χ4v) is 2.87. The fourth-order valence-electron chi connectivity index (χ4n) is 2.87. The molecule has 1 atom stereocenters. The Kier molecular flexibility index (Phi) is 5.05. The molecule has 3 heterocycles. The van der Waals surface area contributed by atoms with Crippen LogP contribution in [0.3, 0.4) is 0 Å². The van der Waals surface area contributed by atoms with E-state index in [0.717, 1.165) is 36.7 Å². The van der Waals surface area contributed by atoms with E-state index in [1.54, 1.807) is 12.4 Å². The van der Waals surface area contributed by atoms with Crippen LogP contribution in [0.5, 0.6) is 0 Å². The van der Waals surface area contributed by atoms with Gasteiger partial charge >= 0.3 is 0 Å². The molecule has 0 aliphatic rings. The number of imidazole rings is 1. The number of hydrogen-bond donors (Lipinski definition) is 1. The maximum atomic E-state index is 4.59. The molecule has 0 fully saturated rings. The molecule has 0 aliphatic heterocycles. The van der Waals surface area contributed by atoms with Crippen molar-refractivity contribution in [1.29, 1.82) is 0 Å². The van der Waals surface area contributed by atoms with Crippen LogP contribution in [0.4, 0.5) is 0 Å². The largest absolute Gasteiger partial charge is 0.335 e. The highest BCUT2D eigenvalue weighted by molar-refractivity contribution is 5.61. The van der Waals surface area contributed by atoms with Crippen molar-refractivity contribution in [2.75, 3.05) is 6.54 Å². The minimum atomic E-state index is 0.527. The molecule has 3 aromatic heterocycles. The van der Waals surface area contributed by atoms with Crippen LogP contribution in [-0.2, 0) is 20.1 Å². The molecule has 6 nitrogen and oxygen atoms in total. The average molecular weight is 324 g/mol. The third-order valence-electron chi connectivity index (χ3n) is 4.10. The predicted octanol–water partition coefficient (Wildman–Crippen LogP) is 2.41. The van der Waals surface area contributed by atoms with E-state index in [4.69, 9.17) is 0 Å². The van der Waals surface area contributed by atoms with E-state index in [1.807, 2.05) is 43.2 Å². The van der Waals surface area contributed by atoms with E-state index in [1.165, 1.54) is 5.56 Å². The molecule has 0 radical (unpaired) electrons. The van der Waals surface area contributed by atoms with Gasteiger partial charge < -0.3 is 9.88 Å². The topological polar surface area (TPSA) is 60.6 Å². The Balaban J connectivity index is 1.58. The van der Waals surface area contributed by atoms with Crippen molar-refractivity contribution in [3.63, 3.8) is 0 Å². The maximum absolute atomic E-state index is 4.59. The number of rotatable bonds is 7. The lowest BCUT2D eigenvalue weighted by Crippen LogP contribution is -2.24. The molecule has 0 saturated carbocycles. The van der Waals surface area contributed by atoms with E-state index in [2.05, 4.69) is 38.1 Å². The second-order valence-corrected chi connectivity index (χ2v) is 6.28. The van der Waals surface area contributed by atoms with Crippen molar-refractivity contribution in [2.24, 2.45) is 13.0 Å². The lowest BCUT2D eigenvalue weighted by Gasteiger charge is -2.14. The van der Waals surface area contributed by atoms with Crippen molar-refractivity contribution >= 4 is 0 Å². The Morgan fingerprint density at radius 2 is 2.00 bits per heavy atom. The summed E-state index contributed by atoms with van der Waals surface area (Å²) in [6, 6.07) is 3.99. The molecule has 1 N–H and O–H groups in total. The molecule has 126 valence electrons. The van der Waals surface area contributed by atoms with Gasteiger partial charge in [-0.1, -0.05) is 6.92 Å². The number of hydrogen-bond acceptors (Lipinski definition) is 4. The van der Waals surface area contributed by atoms with Crippen molar-refractivity contribution in [2.45, 2.75) is 26.9 Å². The molecular formula is C18H24N6. The molecule has 0 saturated heterocycles. The molecule has 6 heteroatoms. The zero-order chi connectivity index (χ0) is 16.9. The monoisotopic (exact) mass is 324 g/mol. The normalized spacial score (nSPS) is 12.5. The van der Waals surface area contributed by atoms with Gasteiger partial charge in [0.1, 0.15) is 5.82 Å². The van der Waals surface area contributed by atoms with Gasteiger partial charge in [-0.05, 0) is 31.5 Å². The SMILES string of the molecule is Cc1nccn1CC(C)CNCc1cn(C)nc1-c1ccncc1. The highest BCUT2D eigenvalue weighted by Gasteiger charge is 2.11. The van der Waals surface area contributed by atoms with Crippen molar-refractivity contribution in [3.8, 4) is 11.3 Å². The Bertz CT molecular complexity index is 774. The van der Waals surface area contributed by atoms with Gasteiger partial charge in [0.2, 0.25) is 0 Å². The second kappa shape index (κ2) is 7.40. The highest BCUT2D eigenvalue weighted by atomic mass is 15.3. The third-order valence-corrected chi connectivity index (χ3v) is 4.10. The Morgan fingerprint density at radius 1 is 1.21 bits per heavy atom. The van der Waals surface area contributed by atoms with E-state index in [0.29, 0.717) is 5.92 Å². The molecular weight excluding hydrogens is 300 g/mol. The van der Waals surface area contributed by atoms with Crippen molar-refractivity contribution in [3.05, 3.63) is 54.5 Å². The summed E-state index contributed by atoms with van der Waals surface area (Å²) in [5.74, 6) is 1.59. The Hall–Kier alpha value is -2.47. The lowest BCUT2D eigenvalue weighted by atomic mass is 10.1. The number of pyridine rings is 1. The molecule has 24 heavy (non-hydrogen) atoms. The second-order valence-electron chi connectivity index (χ2n) is 6.28. The number of aryl methyl sites for hydroxylation is 2. The lowest BCUT2D eigenvalue weighted by molar-refractivity contribution is 0.440. The van der Waals surface area contributed by atoms with Gasteiger partial charge in [-0.25, -0.2) is 4.98 Å². The first-order valence-corrected chi connectivity index (χ1v) is 8.25. The van der Waals surface area contributed by atoms with Crippen LogP contribution >= 0.6 is 0 Å². The van der Waals surface area contributed by atoms with E-state index in [9.17, 15) is 0 Å². The predicted molar refractivity (Wildman–Crippen MR) is 94.3 cm³/mol. The molecule has 0 amide bonds. The first-order chi connectivity index (χ1) is 11.6.